The second-order valence-corrected chi connectivity index (χ2v) is 6.15. The number of hydrazone groups is 1. The molecule has 0 bridgehead atoms. The molecule has 1 atom stereocenters. The maximum atomic E-state index is 12.9. The number of nitrogens with zero attached hydrogens (tertiary/aromatic N) is 3. The van der Waals surface area contributed by atoms with E-state index in [1.165, 1.54) is 23.1 Å². The number of pyridine rings is 1. The molecule has 9 heteroatoms. The van der Waals surface area contributed by atoms with Crippen molar-refractivity contribution in [1.82, 2.24) is 14.8 Å². The molecular weight excluding hydrogens is 343 g/mol. The Hall–Kier alpha value is -2.20. The average molecular weight is 364 g/mol. The molecule has 0 aliphatic heterocycles. The lowest BCUT2D eigenvalue weighted by molar-refractivity contribution is 0.223. The number of hydrazine groups is 1. The second kappa shape index (κ2) is 9.33. The Labute approximate surface area is 150 Å². The molecule has 2 aromatic rings. The van der Waals surface area contributed by atoms with Gasteiger partial charge in [-0.1, -0.05) is 12.1 Å². The Bertz CT molecular complexity index is 695. The van der Waals surface area contributed by atoms with E-state index in [1.807, 2.05) is 24.3 Å². The summed E-state index contributed by atoms with van der Waals surface area (Å²) in [7, 11) is 0. The summed E-state index contributed by atoms with van der Waals surface area (Å²) < 4.78 is 16.0. The molecule has 25 heavy (non-hydrogen) atoms. The van der Waals surface area contributed by atoms with Crippen LogP contribution in [-0.4, -0.2) is 34.2 Å². The molecule has 7 nitrogen and oxygen atoms in total. The van der Waals surface area contributed by atoms with Crippen LogP contribution in [-0.2, 0) is 0 Å². The van der Waals surface area contributed by atoms with Crippen LogP contribution < -0.4 is 16.3 Å². The van der Waals surface area contributed by atoms with E-state index in [0.717, 1.165) is 16.7 Å². The molecule has 1 aromatic carbocycles. The molecule has 1 heterocycles. The van der Waals surface area contributed by atoms with Gasteiger partial charge >= 0.3 is 0 Å². The van der Waals surface area contributed by atoms with E-state index in [-0.39, 0.29) is 18.5 Å². The Kier molecular flexibility index (Phi) is 7.14. The number of hydrogen-bond acceptors (Lipinski definition) is 7. The number of aliphatic hydroxyl groups is 1. The summed E-state index contributed by atoms with van der Waals surface area (Å²) in [5.74, 6) is 5.78. The van der Waals surface area contributed by atoms with E-state index in [0.29, 0.717) is 12.2 Å². The number of aromatic nitrogens is 1. The summed E-state index contributed by atoms with van der Waals surface area (Å²) in [4.78, 5) is 4.98. The maximum Gasteiger partial charge on any atom is 0.152 e. The predicted octanol–water partition coefficient (Wildman–Crippen LogP) is 1.37. The van der Waals surface area contributed by atoms with Crippen LogP contribution in [0.1, 0.15) is 24.2 Å². The van der Waals surface area contributed by atoms with Crippen molar-refractivity contribution in [2.45, 2.75) is 17.9 Å². The third-order valence-electron chi connectivity index (χ3n) is 3.35. The van der Waals surface area contributed by atoms with Gasteiger partial charge in [0.1, 0.15) is 11.9 Å². The molecule has 0 aliphatic carbocycles. The Morgan fingerprint density at radius 2 is 2.08 bits per heavy atom. The van der Waals surface area contributed by atoms with E-state index in [9.17, 15) is 4.39 Å². The van der Waals surface area contributed by atoms with Crippen LogP contribution in [0.2, 0.25) is 0 Å². The summed E-state index contributed by atoms with van der Waals surface area (Å²) >= 11 is 1.42. The number of nitrogens with two attached hydrogens (primary N) is 2. The minimum Gasteiger partial charge on any atom is -0.395 e. The molecule has 0 saturated carbocycles. The fourth-order valence-corrected chi connectivity index (χ4v) is 2.54. The standard InChI is InChI=1S/C16H21FN6OS/c1-11(15-7-4-13(17)10-20-15)23(19)22-16(18)12-2-5-14(6-3-12)25-21-8-9-24/h2-7,10-11,21,24H,8-9,19H2,1H3,(H2,18,22). The van der Waals surface area contributed by atoms with E-state index in [2.05, 4.69) is 14.8 Å². The van der Waals surface area contributed by atoms with Crippen LogP contribution in [0, 0.1) is 5.82 Å². The van der Waals surface area contributed by atoms with Gasteiger partial charge in [-0.05, 0) is 43.1 Å². The van der Waals surface area contributed by atoms with Crippen LogP contribution in [0.25, 0.3) is 0 Å². The monoisotopic (exact) mass is 364 g/mol. The average Bonchev–Trinajstić information content (AvgIpc) is 2.62. The minimum atomic E-state index is -0.408. The van der Waals surface area contributed by atoms with Crippen molar-refractivity contribution >= 4 is 17.8 Å². The first-order chi connectivity index (χ1) is 12.0. The van der Waals surface area contributed by atoms with Crippen molar-refractivity contribution < 1.29 is 9.50 Å². The smallest absolute Gasteiger partial charge is 0.152 e. The first-order valence-electron chi connectivity index (χ1n) is 7.61. The van der Waals surface area contributed by atoms with E-state index < -0.39 is 5.82 Å². The van der Waals surface area contributed by atoms with E-state index >= 15 is 0 Å². The van der Waals surface area contributed by atoms with Crippen molar-refractivity contribution in [2.24, 2.45) is 16.7 Å². The molecule has 2 rings (SSSR count). The summed E-state index contributed by atoms with van der Waals surface area (Å²) in [6.07, 6.45) is 1.13. The zero-order valence-corrected chi connectivity index (χ0v) is 14.6. The number of amidine groups is 1. The van der Waals surface area contributed by atoms with Crippen molar-refractivity contribution in [3.63, 3.8) is 0 Å². The van der Waals surface area contributed by atoms with Gasteiger partial charge < -0.3 is 10.8 Å². The molecule has 6 N–H and O–H groups in total. The van der Waals surface area contributed by atoms with Gasteiger partial charge in [0.2, 0.25) is 0 Å². The number of aliphatic hydroxyl groups excluding tert-OH is 1. The lowest BCUT2D eigenvalue weighted by atomic mass is 10.2. The van der Waals surface area contributed by atoms with Crippen LogP contribution >= 0.6 is 11.9 Å². The van der Waals surface area contributed by atoms with Gasteiger partial charge in [0.15, 0.2) is 5.84 Å². The zero-order valence-electron chi connectivity index (χ0n) is 13.8. The number of benzene rings is 1. The summed E-state index contributed by atoms with van der Waals surface area (Å²) in [6, 6.07) is 9.94. The van der Waals surface area contributed by atoms with Crippen molar-refractivity contribution in [1.29, 1.82) is 0 Å². The van der Waals surface area contributed by atoms with E-state index in [4.69, 9.17) is 16.7 Å². The lowest BCUT2D eigenvalue weighted by Crippen LogP contribution is -2.32. The highest BCUT2D eigenvalue weighted by Gasteiger charge is 2.13. The van der Waals surface area contributed by atoms with Crippen LogP contribution in [0.4, 0.5) is 4.39 Å². The minimum absolute atomic E-state index is 0.0815. The third-order valence-corrected chi connectivity index (χ3v) is 4.21. The molecule has 0 aliphatic rings. The number of nitrogens with one attached hydrogen (secondary N) is 1. The third kappa shape index (κ3) is 5.68. The highest BCUT2D eigenvalue weighted by atomic mass is 32.2. The summed E-state index contributed by atoms with van der Waals surface area (Å²) in [5, 5.41) is 14.1. The van der Waals surface area contributed by atoms with Gasteiger partial charge in [0.25, 0.3) is 0 Å². The van der Waals surface area contributed by atoms with Crippen molar-refractivity contribution in [3.8, 4) is 0 Å². The quantitative estimate of drug-likeness (QED) is 0.140. The number of halogens is 1. The van der Waals surface area contributed by atoms with Crippen LogP contribution in [0.3, 0.4) is 0 Å². The molecule has 0 radical (unpaired) electrons. The molecule has 1 unspecified atom stereocenters. The van der Waals surface area contributed by atoms with Gasteiger partial charge in [0.05, 0.1) is 18.5 Å². The first kappa shape index (κ1) is 19.1. The largest absolute Gasteiger partial charge is 0.395 e. The van der Waals surface area contributed by atoms with Crippen molar-refractivity contribution in [3.05, 3.63) is 59.7 Å². The molecule has 0 fully saturated rings. The van der Waals surface area contributed by atoms with Crippen molar-refractivity contribution in [2.75, 3.05) is 13.2 Å². The SMILES string of the molecule is CC(c1ccc(F)cn1)N(N)/N=C(\N)c1ccc(SNCCO)cc1. The number of hydrogen-bond donors (Lipinski definition) is 4. The molecule has 1 aromatic heterocycles. The van der Waals surface area contributed by atoms with Gasteiger partial charge in [-0.3, -0.25) is 9.71 Å². The molecule has 0 saturated heterocycles. The highest BCUT2D eigenvalue weighted by Crippen LogP contribution is 2.17. The molecular formula is C16H21FN6OS. The number of rotatable bonds is 8. The van der Waals surface area contributed by atoms with E-state index in [1.54, 1.807) is 13.0 Å². The predicted molar refractivity (Wildman–Crippen MR) is 96.7 cm³/mol. The van der Waals surface area contributed by atoms with Crippen LogP contribution in [0.5, 0.6) is 0 Å². The molecule has 0 spiro atoms. The normalized spacial score (nSPS) is 12.9. The van der Waals surface area contributed by atoms with Gasteiger partial charge in [-0.25, -0.2) is 15.4 Å². The Morgan fingerprint density at radius 3 is 2.68 bits per heavy atom. The Morgan fingerprint density at radius 1 is 1.36 bits per heavy atom. The second-order valence-electron chi connectivity index (χ2n) is 5.19. The van der Waals surface area contributed by atoms with Gasteiger partial charge in [-0.15, -0.1) is 5.10 Å². The zero-order chi connectivity index (χ0) is 18.2. The maximum absolute atomic E-state index is 12.9. The lowest BCUT2D eigenvalue weighted by Gasteiger charge is -2.21. The fourth-order valence-electron chi connectivity index (χ4n) is 1.91. The highest BCUT2D eigenvalue weighted by molar-refractivity contribution is 7.97. The van der Waals surface area contributed by atoms with Gasteiger partial charge in [-0.2, -0.15) is 0 Å². The van der Waals surface area contributed by atoms with Crippen LogP contribution in [0.15, 0.2) is 52.6 Å². The van der Waals surface area contributed by atoms with Gasteiger partial charge in [0, 0.05) is 17.0 Å². The summed E-state index contributed by atoms with van der Waals surface area (Å²) in [5.41, 5.74) is 7.31. The summed E-state index contributed by atoms with van der Waals surface area (Å²) in [6.45, 7) is 2.38. The topological polar surface area (TPSA) is 113 Å². The first-order valence-corrected chi connectivity index (χ1v) is 8.43. The molecule has 134 valence electrons. The Balaban J connectivity index is 2.02. The molecule has 0 amide bonds. The fraction of sp³-hybridized carbons (Fsp3) is 0.250.